The second-order valence-corrected chi connectivity index (χ2v) is 30.9. The molecule has 9 aromatic rings. The van der Waals surface area contributed by atoms with Crippen molar-refractivity contribution in [2.75, 3.05) is 36.1 Å². The van der Waals surface area contributed by atoms with Gasteiger partial charge in [0.15, 0.2) is 33.6 Å². The summed E-state index contributed by atoms with van der Waals surface area (Å²) in [4.78, 5) is 45.6. The number of nitrogen functional groups attached to an aromatic ring is 4. The average Bonchev–Trinajstić information content (AvgIpc) is 4.13. The maximum absolute atomic E-state index is 10.9. The summed E-state index contributed by atoms with van der Waals surface area (Å²) < 4.78 is 16.2. The number of aromatic nitrogens is 12. The van der Waals surface area contributed by atoms with Crippen molar-refractivity contribution in [3.63, 3.8) is 0 Å². The molecule has 9 rings (SSSR count). The van der Waals surface area contributed by atoms with Gasteiger partial charge >= 0.3 is 0 Å². The second-order valence-electron chi connectivity index (χ2n) is 21.3. The first-order chi connectivity index (χ1) is 36.3. The van der Waals surface area contributed by atoms with E-state index in [1.165, 1.54) is 43.2 Å². The number of nitro groups is 2. The molecule has 0 saturated carbocycles. The van der Waals surface area contributed by atoms with E-state index in [2.05, 4.69) is 108 Å². The molecule has 0 aliphatic heterocycles. The van der Waals surface area contributed by atoms with Gasteiger partial charge in [-0.05, 0) is 85.5 Å². The van der Waals surface area contributed by atoms with Crippen molar-refractivity contribution in [3.8, 4) is 33.8 Å². The normalized spacial score (nSPS) is 12.1. The van der Waals surface area contributed by atoms with Crippen LogP contribution >= 0.6 is 0 Å². The lowest BCUT2D eigenvalue weighted by atomic mass is 10.1. The molecule has 77 heavy (non-hydrogen) atoms. The smallest absolute Gasteiger partial charge is 0.269 e. The molecular weight excluding hydrogens is 1020 g/mol. The van der Waals surface area contributed by atoms with Gasteiger partial charge in [0.05, 0.1) is 31.7 Å². The average molecular weight is 1080 g/mol. The van der Waals surface area contributed by atoms with Gasteiger partial charge in [0.1, 0.15) is 47.8 Å². The van der Waals surface area contributed by atoms with Crippen LogP contribution in [0.4, 0.5) is 34.5 Å². The van der Waals surface area contributed by atoms with Crippen molar-refractivity contribution in [1.82, 2.24) is 59.7 Å². The Labute approximate surface area is 446 Å². The highest BCUT2D eigenvalue weighted by molar-refractivity contribution is 6.74. The Kier molecular flexibility index (Phi) is 16.7. The van der Waals surface area contributed by atoms with E-state index in [1.807, 2.05) is 28.9 Å². The Morgan fingerprint density at radius 2 is 0.922 bits per heavy atom. The summed E-state index contributed by atoms with van der Waals surface area (Å²) in [6.07, 6.45) is 5.87. The monoisotopic (exact) mass is 1080 g/mol. The molecule has 0 aliphatic carbocycles. The van der Waals surface area contributed by atoms with Crippen LogP contribution in [0, 0.1) is 20.2 Å². The largest absolute Gasteiger partial charge is 0.417 e. The molecule has 6 aromatic heterocycles. The molecule has 0 saturated heterocycles. The lowest BCUT2D eigenvalue weighted by Crippen LogP contribution is -2.41. The van der Waals surface area contributed by atoms with Crippen LogP contribution in [0.3, 0.4) is 0 Å². The molecule has 0 fully saturated rings. The third kappa shape index (κ3) is 12.9. The molecule has 0 amide bonds. The van der Waals surface area contributed by atoms with E-state index in [4.69, 9.17) is 42.0 Å². The SMILES string of the molecule is CC(C)(C)[Si](C)(C)OCCCn1nc(-c2ccc(N)cc2)c2c(N)ncnc21.CC(C)(C)[Si](C)(C)OCCCn1nc(-c2ccc([N+](=O)[O-])cc2)c2c(N)ncnc21.Nc1ncnc2n[nH]c(-c3ccc([N+](=O)[O-])cc3)c12. The number of nitrogens with zero attached hydrogens (tertiary/aromatic N) is 13. The van der Waals surface area contributed by atoms with E-state index < -0.39 is 26.5 Å². The summed E-state index contributed by atoms with van der Waals surface area (Å²) in [5, 5.41) is 40.3. The number of non-ortho nitro benzene ring substituents is 2. The fourth-order valence-electron chi connectivity index (χ4n) is 7.51. The molecular formula is C51H66N18O6Si2. The molecule has 9 N–H and O–H groups in total. The van der Waals surface area contributed by atoms with Gasteiger partial charge in [-0.3, -0.25) is 25.3 Å². The molecule has 24 nitrogen and oxygen atoms in total. The fraction of sp³-hybridized carbons (Fsp3) is 0.353. The third-order valence-electron chi connectivity index (χ3n) is 14.0. The molecule has 0 aliphatic rings. The van der Waals surface area contributed by atoms with E-state index in [1.54, 1.807) is 28.9 Å². The molecule has 26 heteroatoms. The van der Waals surface area contributed by atoms with Gasteiger partial charge in [0, 0.05) is 72.9 Å². The predicted molar refractivity (Wildman–Crippen MR) is 305 cm³/mol. The number of rotatable bonds is 15. The first-order valence-electron chi connectivity index (χ1n) is 24.8. The van der Waals surface area contributed by atoms with Gasteiger partial charge in [-0.25, -0.2) is 39.3 Å². The number of aryl methyl sites for hydroxylation is 2. The quantitative estimate of drug-likeness (QED) is 0.0209. The first-order valence-corrected chi connectivity index (χ1v) is 30.6. The molecule has 3 aromatic carbocycles. The Morgan fingerprint density at radius 3 is 1.32 bits per heavy atom. The summed E-state index contributed by atoms with van der Waals surface area (Å²) in [5.74, 6) is 1.07. The van der Waals surface area contributed by atoms with Gasteiger partial charge in [0.2, 0.25) is 0 Å². The minimum atomic E-state index is -1.80. The van der Waals surface area contributed by atoms with E-state index in [9.17, 15) is 20.2 Å². The molecule has 6 heterocycles. The zero-order valence-electron chi connectivity index (χ0n) is 45.0. The highest BCUT2D eigenvalue weighted by atomic mass is 28.4. The lowest BCUT2D eigenvalue weighted by molar-refractivity contribution is -0.385. The van der Waals surface area contributed by atoms with Crippen LogP contribution in [0.5, 0.6) is 0 Å². The van der Waals surface area contributed by atoms with Crippen molar-refractivity contribution in [2.45, 2.75) is 104 Å². The minimum absolute atomic E-state index is 0.0227. The Balaban J connectivity index is 0.000000172. The summed E-state index contributed by atoms with van der Waals surface area (Å²) in [6, 6.07) is 19.9. The number of nitrogens with one attached hydrogen (secondary N) is 1. The molecule has 0 radical (unpaired) electrons. The van der Waals surface area contributed by atoms with Crippen LogP contribution in [0.15, 0.2) is 91.8 Å². The van der Waals surface area contributed by atoms with E-state index in [0.717, 1.165) is 46.3 Å². The minimum Gasteiger partial charge on any atom is -0.417 e. The molecule has 0 atom stereocenters. The van der Waals surface area contributed by atoms with Crippen LogP contribution in [-0.2, 0) is 21.9 Å². The lowest BCUT2D eigenvalue weighted by Gasteiger charge is -2.36. The van der Waals surface area contributed by atoms with Crippen molar-refractivity contribution >= 4 is 84.3 Å². The van der Waals surface area contributed by atoms with Crippen LogP contribution in [0.1, 0.15) is 54.4 Å². The van der Waals surface area contributed by atoms with Crippen LogP contribution < -0.4 is 22.9 Å². The van der Waals surface area contributed by atoms with Crippen molar-refractivity contribution in [1.29, 1.82) is 0 Å². The Morgan fingerprint density at radius 1 is 0.545 bits per heavy atom. The number of anilines is 4. The zero-order valence-corrected chi connectivity index (χ0v) is 47.0. The maximum Gasteiger partial charge on any atom is 0.269 e. The topological polar surface area (TPSA) is 350 Å². The maximum atomic E-state index is 10.9. The number of aromatic amines is 1. The highest BCUT2D eigenvalue weighted by Gasteiger charge is 2.38. The zero-order chi connectivity index (χ0) is 56.0. The number of hydrogen-bond acceptors (Lipinski definition) is 19. The number of hydrogen-bond donors (Lipinski definition) is 5. The molecule has 0 spiro atoms. The van der Waals surface area contributed by atoms with Crippen LogP contribution in [-0.4, -0.2) is 99.4 Å². The number of H-pyrrole nitrogens is 1. The van der Waals surface area contributed by atoms with Crippen molar-refractivity contribution in [2.24, 2.45) is 0 Å². The highest BCUT2D eigenvalue weighted by Crippen LogP contribution is 2.38. The van der Waals surface area contributed by atoms with E-state index >= 15 is 0 Å². The Bertz CT molecular complexity index is 3520. The number of nitro benzene ring substituents is 2. The number of fused-ring (bicyclic) bond motifs is 3. The Hall–Kier alpha value is -8.34. The number of benzene rings is 3. The molecule has 0 bridgehead atoms. The van der Waals surface area contributed by atoms with Crippen LogP contribution in [0.25, 0.3) is 66.9 Å². The van der Waals surface area contributed by atoms with Crippen LogP contribution in [0.2, 0.25) is 36.3 Å². The fourth-order valence-corrected chi connectivity index (χ4v) is 9.69. The second kappa shape index (κ2) is 22.9. The van der Waals surface area contributed by atoms with E-state index in [0.29, 0.717) is 82.9 Å². The third-order valence-corrected chi connectivity index (χ3v) is 23.0. The summed E-state index contributed by atoms with van der Waals surface area (Å²) in [5.41, 5.74) is 30.9. The van der Waals surface area contributed by atoms with Gasteiger partial charge in [-0.2, -0.15) is 15.3 Å². The van der Waals surface area contributed by atoms with Gasteiger partial charge < -0.3 is 31.8 Å². The molecule has 0 unspecified atom stereocenters. The van der Waals surface area contributed by atoms with Gasteiger partial charge in [0.25, 0.3) is 11.4 Å². The summed E-state index contributed by atoms with van der Waals surface area (Å²) >= 11 is 0. The molecule has 404 valence electrons. The van der Waals surface area contributed by atoms with Gasteiger partial charge in [-0.1, -0.05) is 53.7 Å². The van der Waals surface area contributed by atoms with Crippen molar-refractivity contribution < 1.29 is 18.7 Å². The first kappa shape index (κ1) is 56.4. The predicted octanol–water partition coefficient (Wildman–Crippen LogP) is 9.98. The van der Waals surface area contributed by atoms with Gasteiger partial charge in [-0.15, -0.1) is 0 Å². The van der Waals surface area contributed by atoms with Crippen molar-refractivity contribution in [3.05, 3.63) is 112 Å². The number of nitrogens with two attached hydrogens (primary N) is 4. The standard InChI is InChI=1S/C20H28N6O3Si.C20H30N6OSi.C11H8N6O2/c1-20(2,3)30(4,5)29-12-6-11-25-19-16(18(21)22-13-23-19)17(24-25)14-7-9-15(10-8-14)26(27)28;1-20(2,3)28(4,5)27-12-6-11-26-19-16(18(22)23-13-24-19)17(25-26)14-7-9-15(21)10-8-14;12-10-8-9(15-16-11(8)14-5-13-10)6-1-3-7(4-2-6)17(18)19/h7-10,13H,6,11-12H2,1-5H3,(H2,21,22,23);7-10,13H,6,11-12,21H2,1-5H3,(H2,22,23,24);1-5H,(H3,12,13,14,15,16). The summed E-state index contributed by atoms with van der Waals surface area (Å²) in [7, 11) is -3.54. The summed E-state index contributed by atoms with van der Waals surface area (Å²) in [6.45, 7) is 25.1. The van der Waals surface area contributed by atoms with E-state index in [-0.39, 0.29) is 21.5 Å².